The molecule has 2 aliphatic rings. The molecule has 0 heteroatoms. The standard InChI is InChI=1S/C13H24/c1-13(2,3)9-12-10-5-4-6-11(12)8-7-10/h10-12H,4-9H2,1-3H3. The van der Waals surface area contributed by atoms with E-state index in [0.29, 0.717) is 5.41 Å². The largest absolute Gasteiger partial charge is 0.0602 e. The van der Waals surface area contributed by atoms with Crippen molar-refractivity contribution in [3.8, 4) is 0 Å². The lowest BCUT2D eigenvalue weighted by Gasteiger charge is -2.34. The van der Waals surface area contributed by atoms with Crippen molar-refractivity contribution in [1.29, 1.82) is 0 Å². The maximum absolute atomic E-state index is 2.40. The molecule has 0 aromatic heterocycles. The van der Waals surface area contributed by atoms with Crippen LogP contribution in [0, 0.1) is 23.2 Å². The summed E-state index contributed by atoms with van der Waals surface area (Å²) >= 11 is 0. The predicted octanol–water partition coefficient (Wildman–Crippen LogP) is 4.25. The highest BCUT2D eigenvalue weighted by Crippen LogP contribution is 2.50. The molecule has 0 aromatic carbocycles. The lowest BCUT2D eigenvalue weighted by atomic mass is 9.71. The average Bonchev–Trinajstić information content (AvgIpc) is 2.29. The molecule has 2 saturated carbocycles. The van der Waals surface area contributed by atoms with E-state index in [-0.39, 0.29) is 0 Å². The molecule has 0 nitrogen and oxygen atoms in total. The van der Waals surface area contributed by atoms with Gasteiger partial charge in [0.15, 0.2) is 0 Å². The molecule has 0 heterocycles. The first-order valence-corrected chi connectivity index (χ1v) is 6.06. The van der Waals surface area contributed by atoms with Crippen molar-refractivity contribution in [2.75, 3.05) is 0 Å². The molecule has 0 radical (unpaired) electrons. The van der Waals surface area contributed by atoms with E-state index in [0.717, 1.165) is 17.8 Å². The zero-order valence-corrected chi connectivity index (χ0v) is 9.47. The van der Waals surface area contributed by atoms with Crippen LogP contribution in [0.15, 0.2) is 0 Å². The lowest BCUT2D eigenvalue weighted by molar-refractivity contribution is 0.159. The molecule has 0 N–H and O–H groups in total. The van der Waals surface area contributed by atoms with Crippen molar-refractivity contribution in [2.24, 2.45) is 23.2 Å². The van der Waals surface area contributed by atoms with Crippen molar-refractivity contribution in [2.45, 2.75) is 59.3 Å². The van der Waals surface area contributed by atoms with E-state index >= 15 is 0 Å². The third-order valence-corrected chi connectivity index (χ3v) is 4.12. The number of rotatable bonds is 1. The normalized spacial score (nSPS) is 39.5. The highest BCUT2D eigenvalue weighted by molar-refractivity contribution is 4.90. The first-order valence-electron chi connectivity index (χ1n) is 6.06. The van der Waals surface area contributed by atoms with Gasteiger partial charge in [-0.15, -0.1) is 0 Å². The Labute approximate surface area is 83.1 Å². The van der Waals surface area contributed by atoms with E-state index in [1.165, 1.54) is 25.7 Å². The van der Waals surface area contributed by atoms with E-state index < -0.39 is 0 Å². The predicted molar refractivity (Wildman–Crippen MR) is 57.6 cm³/mol. The van der Waals surface area contributed by atoms with Crippen LogP contribution in [0.25, 0.3) is 0 Å². The molecular weight excluding hydrogens is 156 g/mol. The fourth-order valence-corrected chi connectivity index (χ4v) is 3.64. The summed E-state index contributed by atoms with van der Waals surface area (Å²) in [6.45, 7) is 7.21. The summed E-state index contributed by atoms with van der Waals surface area (Å²) in [5.74, 6) is 3.31. The molecule has 2 atom stereocenters. The maximum atomic E-state index is 2.40. The molecule has 76 valence electrons. The molecule has 0 aliphatic heterocycles. The van der Waals surface area contributed by atoms with E-state index in [1.54, 1.807) is 12.8 Å². The van der Waals surface area contributed by atoms with Gasteiger partial charge in [0.1, 0.15) is 0 Å². The van der Waals surface area contributed by atoms with Gasteiger partial charge in [-0.1, -0.05) is 40.0 Å². The van der Waals surface area contributed by atoms with Gasteiger partial charge >= 0.3 is 0 Å². The van der Waals surface area contributed by atoms with Crippen molar-refractivity contribution < 1.29 is 0 Å². The van der Waals surface area contributed by atoms with Gasteiger partial charge in [-0.05, 0) is 42.4 Å². The smallest absolute Gasteiger partial charge is 0.0352 e. The van der Waals surface area contributed by atoms with E-state index in [4.69, 9.17) is 0 Å². The van der Waals surface area contributed by atoms with Crippen LogP contribution in [0.3, 0.4) is 0 Å². The number of hydrogen-bond donors (Lipinski definition) is 0. The summed E-state index contributed by atoms with van der Waals surface area (Å²) in [4.78, 5) is 0. The fraction of sp³-hybridized carbons (Fsp3) is 1.00. The molecule has 13 heavy (non-hydrogen) atoms. The van der Waals surface area contributed by atoms with Gasteiger partial charge in [0.05, 0.1) is 0 Å². The van der Waals surface area contributed by atoms with Crippen LogP contribution >= 0.6 is 0 Å². The molecule has 2 aliphatic carbocycles. The number of fused-ring (bicyclic) bond motifs is 2. The van der Waals surface area contributed by atoms with Crippen LogP contribution in [-0.2, 0) is 0 Å². The minimum absolute atomic E-state index is 0.558. The maximum Gasteiger partial charge on any atom is -0.0352 e. The summed E-state index contributed by atoms with van der Waals surface area (Å²) in [6.07, 6.45) is 9.17. The van der Waals surface area contributed by atoms with E-state index in [9.17, 15) is 0 Å². The second-order valence-corrected chi connectivity index (χ2v) is 6.46. The molecule has 2 fully saturated rings. The molecule has 0 aromatic rings. The third-order valence-electron chi connectivity index (χ3n) is 4.12. The Bertz CT molecular complexity index is 159. The van der Waals surface area contributed by atoms with Gasteiger partial charge in [0, 0.05) is 0 Å². The molecule has 2 rings (SSSR count). The van der Waals surface area contributed by atoms with E-state index in [1.807, 2.05) is 0 Å². The highest BCUT2D eigenvalue weighted by Gasteiger charge is 2.40. The second kappa shape index (κ2) is 3.29. The van der Waals surface area contributed by atoms with Crippen LogP contribution in [0.4, 0.5) is 0 Å². The highest BCUT2D eigenvalue weighted by atomic mass is 14.4. The average molecular weight is 180 g/mol. The summed E-state index contributed by atoms with van der Waals surface area (Å²) in [6, 6.07) is 0. The summed E-state index contributed by atoms with van der Waals surface area (Å²) < 4.78 is 0. The van der Waals surface area contributed by atoms with Crippen LogP contribution in [0.2, 0.25) is 0 Å². The van der Waals surface area contributed by atoms with Crippen molar-refractivity contribution >= 4 is 0 Å². The van der Waals surface area contributed by atoms with Crippen LogP contribution in [0.1, 0.15) is 59.3 Å². The minimum atomic E-state index is 0.558. The quantitative estimate of drug-likeness (QED) is 0.566. The van der Waals surface area contributed by atoms with Gasteiger partial charge in [-0.3, -0.25) is 0 Å². The Balaban J connectivity index is 1.99. The Hall–Kier alpha value is 0. The summed E-state index contributed by atoms with van der Waals surface area (Å²) in [5.41, 5.74) is 0.558. The Morgan fingerprint density at radius 2 is 1.46 bits per heavy atom. The van der Waals surface area contributed by atoms with Crippen molar-refractivity contribution in [3.05, 3.63) is 0 Å². The van der Waals surface area contributed by atoms with Crippen LogP contribution in [-0.4, -0.2) is 0 Å². The van der Waals surface area contributed by atoms with Crippen molar-refractivity contribution in [1.82, 2.24) is 0 Å². The Kier molecular flexibility index (Phi) is 2.42. The summed E-state index contributed by atoms with van der Waals surface area (Å²) in [5, 5.41) is 0. The molecular formula is C13H24. The monoisotopic (exact) mass is 180 g/mol. The molecule has 0 spiro atoms. The van der Waals surface area contributed by atoms with Crippen LogP contribution < -0.4 is 0 Å². The Morgan fingerprint density at radius 3 is 1.92 bits per heavy atom. The first kappa shape index (κ1) is 9.55. The van der Waals surface area contributed by atoms with Gasteiger partial charge in [-0.25, -0.2) is 0 Å². The molecule has 2 bridgehead atoms. The zero-order chi connectivity index (χ0) is 9.47. The van der Waals surface area contributed by atoms with Crippen molar-refractivity contribution in [3.63, 3.8) is 0 Å². The summed E-state index contributed by atoms with van der Waals surface area (Å²) in [7, 11) is 0. The molecule has 0 saturated heterocycles. The zero-order valence-electron chi connectivity index (χ0n) is 9.47. The van der Waals surface area contributed by atoms with E-state index in [2.05, 4.69) is 20.8 Å². The third kappa shape index (κ3) is 2.08. The van der Waals surface area contributed by atoms with Gasteiger partial charge in [-0.2, -0.15) is 0 Å². The lowest BCUT2D eigenvalue weighted by Crippen LogP contribution is -2.25. The number of hydrogen-bond acceptors (Lipinski definition) is 0. The van der Waals surface area contributed by atoms with Gasteiger partial charge in [0.25, 0.3) is 0 Å². The fourth-order valence-electron chi connectivity index (χ4n) is 3.64. The van der Waals surface area contributed by atoms with Gasteiger partial charge < -0.3 is 0 Å². The SMILES string of the molecule is CC(C)(C)CC1C2CCCC1CC2. The van der Waals surface area contributed by atoms with Crippen LogP contribution in [0.5, 0.6) is 0 Å². The van der Waals surface area contributed by atoms with Gasteiger partial charge in [0.2, 0.25) is 0 Å². The molecule has 2 unspecified atom stereocenters. The minimum Gasteiger partial charge on any atom is -0.0602 e. The topological polar surface area (TPSA) is 0 Å². The molecule has 0 amide bonds. The first-order chi connectivity index (χ1) is 6.06. The Morgan fingerprint density at radius 1 is 0.923 bits per heavy atom. The second-order valence-electron chi connectivity index (χ2n) is 6.46.